The number of anilines is 1. The average Bonchev–Trinajstić information content (AvgIpc) is 3.49. The number of fused-ring (bicyclic) bond motifs is 1. The Bertz CT molecular complexity index is 1660. The lowest BCUT2D eigenvalue weighted by molar-refractivity contribution is -0.144. The highest BCUT2D eigenvalue weighted by Gasteiger charge is 2.34. The number of carbonyl (C=O) groups excluding carboxylic acids is 2. The first-order valence-corrected chi connectivity index (χ1v) is 16.0. The summed E-state index contributed by atoms with van der Waals surface area (Å²) in [5.41, 5.74) is -1.41. The Kier molecular flexibility index (Phi) is 15.8. The Morgan fingerprint density at radius 3 is 2.02 bits per heavy atom. The molecule has 0 radical (unpaired) electrons. The molecule has 2 N–H and O–H groups in total. The number of aliphatic hydroxyl groups excluding tert-OH is 1. The quantitative estimate of drug-likeness (QED) is 0.0880. The summed E-state index contributed by atoms with van der Waals surface area (Å²) in [6.45, 7) is 3.32. The molecule has 2 aromatic carbocycles. The number of aromatic nitrogens is 1. The van der Waals surface area contributed by atoms with Gasteiger partial charge in [-0.15, -0.1) is 0 Å². The topological polar surface area (TPSA) is 164 Å². The number of carbonyl (C=O) groups is 2. The van der Waals surface area contributed by atoms with Crippen molar-refractivity contribution in [3.63, 3.8) is 0 Å². The van der Waals surface area contributed by atoms with Crippen LogP contribution >= 0.6 is 0 Å². The predicted octanol–water partition coefficient (Wildman–Crippen LogP) is 3.65. The van der Waals surface area contributed by atoms with Crippen molar-refractivity contribution in [1.29, 1.82) is 0 Å². The van der Waals surface area contributed by atoms with E-state index in [9.17, 15) is 27.6 Å². The van der Waals surface area contributed by atoms with Gasteiger partial charge in [0.05, 0.1) is 91.4 Å². The van der Waals surface area contributed by atoms with Crippen molar-refractivity contribution in [2.45, 2.75) is 6.18 Å². The van der Waals surface area contributed by atoms with Gasteiger partial charge in [0, 0.05) is 22.3 Å². The van der Waals surface area contributed by atoms with Crippen LogP contribution in [0.15, 0.2) is 65.3 Å². The first-order chi connectivity index (χ1) is 24.7. The van der Waals surface area contributed by atoms with Crippen molar-refractivity contribution >= 4 is 28.5 Å². The van der Waals surface area contributed by atoms with Crippen LogP contribution in [0.4, 0.5) is 23.7 Å². The van der Waals surface area contributed by atoms with E-state index in [-0.39, 0.29) is 61.1 Å². The summed E-state index contributed by atoms with van der Waals surface area (Å²) in [4.78, 5) is 41.2. The molecule has 3 aromatic rings. The van der Waals surface area contributed by atoms with Crippen LogP contribution in [0.5, 0.6) is 0 Å². The van der Waals surface area contributed by atoms with E-state index in [1.807, 2.05) is 0 Å². The number of nitrogens with zero attached hydrogens (tertiary/aromatic N) is 1. The minimum atomic E-state index is -4.62. The Morgan fingerprint density at radius 2 is 1.41 bits per heavy atom. The molecule has 0 unspecified atom stereocenters. The van der Waals surface area contributed by atoms with E-state index in [2.05, 4.69) is 4.98 Å². The first-order valence-electron chi connectivity index (χ1n) is 16.0. The summed E-state index contributed by atoms with van der Waals surface area (Å²) >= 11 is 0. The summed E-state index contributed by atoms with van der Waals surface area (Å²) in [7, 11) is 0. The van der Waals surface area contributed by atoms with Gasteiger partial charge < -0.3 is 48.0 Å². The fourth-order valence-electron chi connectivity index (χ4n) is 4.69. The highest BCUT2D eigenvalue weighted by molar-refractivity contribution is 5.95. The van der Waals surface area contributed by atoms with Crippen LogP contribution in [0.2, 0.25) is 0 Å². The van der Waals surface area contributed by atoms with Crippen LogP contribution in [0, 0.1) is 0 Å². The third-order valence-corrected chi connectivity index (χ3v) is 7.05. The third kappa shape index (κ3) is 12.7. The van der Waals surface area contributed by atoms with Gasteiger partial charge in [-0.2, -0.15) is 13.2 Å². The fourth-order valence-corrected chi connectivity index (χ4v) is 4.69. The number of hydrogen-bond donors (Lipinski definition) is 2. The standard InChI is InChI=1S/C34H39F3N2O12/c35-34(36,37)29-4-2-1-3-27(29)30-19-24-5-6-25(20-28(24)32(42)38-30)39-21-26(51-33(39)43)22-50-31(41)23-49-18-17-48-16-15-47-14-13-46-12-11-45-10-9-44-8-7-40/h1-6,19-20,22,40H,7-18,21,23H2,(H,38,42)/b26-22-. The Morgan fingerprint density at radius 1 is 0.824 bits per heavy atom. The number of ether oxygens (including phenoxy) is 8. The second-order valence-electron chi connectivity index (χ2n) is 10.7. The maximum Gasteiger partial charge on any atom is 0.420 e. The molecule has 4 rings (SSSR count). The molecule has 14 nitrogen and oxygen atoms in total. The van der Waals surface area contributed by atoms with Gasteiger partial charge in [0.1, 0.15) is 12.9 Å². The van der Waals surface area contributed by atoms with Crippen LogP contribution in [-0.4, -0.2) is 115 Å². The lowest BCUT2D eigenvalue weighted by atomic mass is 10.0. The summed E-state index contributed by atoms with van der Waals surface area (Å²) in [6, 6.07) is 10.8. The van der Waals surface area contributed by atoms with E-state index in [0.717, 1.165) is 12.3 Å². The second-order valence-corrected chi connectivity index (χ2v) is 10.7. The van der Waals surface area contributed by atoms with Gasteiger partial charge in [0.15, 0.2) is 5.76 Å². The highest BCUT2D eigenvalue weighted by atomic mass is 19.4. The Balaban J connectivity index is 1.11. The molecule has 0 spiro atoms. The monoisotopic (exact) mass is 724 g/mol. The second kappa shape index (κ2) is 20.5. The summed E-state index contributed by atoms with van der Waals surface area (Å²) in [5, 5.41) is 9.10. The normalized spacial score (nSPS) is 14.1. The molecule has 1 aliphatic heterocycles. The molecule has 1 fully saturated rings. The molecular weight excluding hydrogens is 685 g/mol. The van der Waals surface area contributed by atoms with Crippen LogP contribution in [0.1, 0.15) is 5.56 Å². The van der Waals surface area contributed by atoms with E-state index in [4.69, 9.17) is 43.0 Å². The van der Waals surface area contributed by atoms with Gasteiger partial charge in [-0.05, 0) is 29.7 Å². The molecule has 0 aliphatic carbocycles. The van der Waals surface area contributed by atoms with Crippen molar-refractivity contribution < 1.29 is 65.8 Å². The molecule has 1 aromatic heterocycles. The van der Waals surface area contributed by atoms with Crippen molar-refractivity contribution in [2.24, 2.45) is 0 Å². The largest absolute Gasteiger partial charge is 0.429 e. The van der Waals surface area contributed by atoms with Crippen LogP contribution in [-0.2, 0) is 48.9 Å². The molecule has 0 saturated carbocycles. The zero-order valence-electron chi connectivity index (χ0n) is 27.6. The number of hydrogen-bond acceptors (Lipinski definition) is 12. The van der Waals surface area contributed by atoms with Gasteiger partial charge in [-0.25, -0.2) is 9.59 Å². The van der Waals surface area contributed by atoms with Crippen LogP contribution in [0.25, 0.3) is 22.0 Å². The number of rotatable bonds is 22. The molecule has 51 heavy (non-hydrogen) atoms. The summed E-state index contributed by atoms with van der Waals surface area (Å²) in [6.07, 6.45) is -4.41. The molecule has 2 heterocycles. The molecule has 1 amide bonds. The number of H-pyrrole nitrogens is 1. The van der Waals surface area contributed by atoms with Gasteiger partial charge in [-0.1, -0.05) is 24.3 Å². The maximum absolute atomic E-state index is 13.5. The first kappa shape index (κ1) is 39.4. The van der Waals surface area contributed by atoms with E-state index < -0.39 is 29.4 Å². The van der Waals surface area contributed by atoms with Gasteiger partial charge in [-0.3, -0.25) is 9.69 Å². The number of esters is 1. The average molecular weight is 725 g/mol. The third-order valence-electron chi connectivity index (χ3n) is 7.05. The van der Waals surface area contributed by atoms with Gasteiger partial charge in [0.2, 0.25) is 0 Å². The van der Waals surface area contributed by atoms with Gasteiger partial charge in [0.25, 0.3) is 5.56 Å². The van der Waals surface area contributed by atoms with E-state index >= 15 is 0 Å². The van der Waals surface area contributed by atoms with Crippen LogP contribution in [0.3, 0.4) is 0 Å². The van der Waals surface area contributed by atoms with Crippen molar-refractivity contribution in [3.05, 3.63) is 76.5 Å². The number of pyridine rings is 1. The van der Waals surface area contributed by atoms with E-state index in [1.54, 1.807) is 0 Å². The molecule has 278 valence electrons. The number of halogens is 3. The predicted molar refractivity (Wildman–Crippen MR) is 175 cm³/mol. The lowest BCUT2D eigenvalue weighted by Gasteiger charge is -2.15. The van der Waals surface area contributed by atoms with Crippen LogP contribution < -0.4 is 10.5 Å². The minimum absolute atomic E-state index is 0.00199. The number of nitrogens with one attached hydrogen (secondary N) is 1. The summed E-state index contributed by atoms with van der Waals surface area (Å²) < 4.78 is 82.5. The fraction of sp³-hybridized carbons (Fsp3) is 0.441. The zero-order chi connectivity index (χ0) is 36.5. The van der Waals surface area contributed by atoms with Crippen molar-refractivity contribution in [2.75, 3.05) is 97.3 Å². The van der Waals surface area contributed by atoms with E-state index in [0.29, 0.717) is 64.8 Å². The summed E-state index contributed by atoms with van der Waals surface area (Å²) in [5.74, 6) is -0.704. The number of cyclic esters (lactones) is 1. The lowest BCUT2D eigenvalue weighted by Crippen LogP contribution is -2.23. The maximum atomic E-state index is 13.5. The van der Waals surface area contributed by atoms with E-state index in [1.165, 1.54) is 47.4 Å². The minimum Gasteiger partial charge on any atom is -0.429 e. The van der Waals surface area contributed by atoms with Gasteiger partial charge >= 0.3 is 18.2 Å². The highest BCUT2D eigenvalue weighted by Crippen LogP contribution is 2.37. The molecule has 0 bridgehead atoms. The number of benzene rings is 2. The SMILES string of the molecule is O=C(COCCOCCOCCOCCOCCOCCO)O/C=C1/CN(c2ccc3cc(-c4ccccc4C(F)(F)F)[nH]c(=O)c3c2)C(=O)O1. The van der Waals surface area contributed by atoms with Crippen molar-refractivity contribution in [1.82, 2.24) is 4.98 Å². The molecular formula is C34H39F3N2O12. The molecule has 1 aliphatic rings. The number of amides is 1. The number of aromatic amines is 1. The molecule has 0 atom stereocenters. The zero-order valence-corrected chi connectivity index (χ0v) is 27.6. The Labute approximate surface area is 290 Å². The Hall–Kier alpha value is -4.36. The smallest absolute Gasteiger partial charge is 0.420 e. The molecule has 17 heteroatoms. The molecule has 1 saturated heterocycles. The number of alkyl halides is 3. The van der Waals surface area contributed by atoms with Crippen molar-refractivity contribution in [3.8, 4) is 11.3 Å². The number of aliphatic hydroxyl groups is 1.